The van der Waals surface area contributed by atoms with Crippen LogP contribution in [0.5, 0.6) is 0 Å². The third kappa shape index (κ3) is 6.17. The van der Waals surface area contributed by atoms with Crippen molar-refractivity contribution in [2.24, 2.45) is 0 Å². The Kier molecular flexibility index (Phi) is 6.59. The number of ketones is 1. The van der Waals surface area contributed by atoms with Gasteiger partial charge in [0, 0.05) is 6.42 Å². The van der Waals surface area contributed by atoms with Crippen molar-refractivity contribution in [1.29, 1.82) is 0 Å². The molecular formula is C19H28O2Si. The number of aryl methyl sites for hydroxylation is 1. The monoisotopic (exact) mass is 316 g/mol. The number of carbonyl (C=O) groups excluding carboxylic acids is 1. The lowest BCUT2D eigenvalue weighted by Crippen LogP contribution is -2.43. The zero-order chi connectivity index (χ0) is 16.8. The van der Waals surface area contributed by atoms with Crippen LogP contribution < -0.4 is 0 Å². The first-order valence-electron chi connectivity index (χ1n) is 7.88. The second kappa shape index (κ2) is 7.76. The van der Waals surface area contributed by atoms with Gasteiger partial charge in [-0.15, -0.1) is 0 Å². The summed E-state index contributed by atoms with van der Waals surface area (Å²) in [6.45, 7) is 12.9. The topological polar surface area (TPSA) is 26.3 Å². The molecule has 22 heavy (non-hydrogen) atoms. The van der Waals surface area contributed by atoms with Crippen LogP contribution >= 0.6 is 0 Å². The van der Waals surface area contributed by atoms with Crippen molar-refractivity contribution in [3.8, 4) is 11.8 Å². The highest BCUT2D eigenvalue weighted by Crippen LogP contribution is 2.37. The predicted octanol–water partition coefficient (Wildman–Crippen LogP) is 4.60. The Morgan fingerprint density at radius 1 is 1.23 bits per heavy atom. The molecule has 3 heteroatoms. The SMILES string of the molecule is CC(C#CC(=O)CCc1ccccc1)O[Si](C)(C)C(C)(C)C. The molecule has 0 radical (unpaired) electrons. The van der Waals surface area contributed by atoms with E-state index in [1.807, 2.05) is 37.3 Å². The van der Waals surface area contributed by atoms with Gasteiger partial charge in [-0.05, 0) is 43.0 Å². The Morgan fingerprint density at radius 3 is 2.36 bits per heavy atom. The average molecular weight is 317 g/mol. The largest absolute Gasteiger partial charge is 0.404 e. The Bertz CT molecular complexity index is 544. The van der Waals surface area contributed by atoms with Gasteiger partial charge in [0.25, 0.3) is 0 Å². The van der Waals surface area contributed by atoms with Gasteiger partial charge in [0.05, 0.1) is 0 Å². The maximum Gasteiger partial charge on any atom is 0.205 e. The van der Waals surface area contributed by atoms with E-state index in [9.17, 15) is 4.79 Å². The highest BCUT2D eigenvalue weighted by molar-refractivity contribution is 6.74. The second-order valence-electron chi connectivity index (χ2n) is 7.20. The molecule has 1 unspecified atom stereocenters. The van der Waals surface area contributed by atoms with E-state index in [0.717, 1.165) is 6.42 Å². The lowest BCUT2D eigenvalue weighted by atomic mass is 10.1. The van der Waals surface area contributed by atoms with Crippen molar-refractivity contribution in [3.63, 3.8) is 0 Å². The summed E-state index contributed by atoms with van der Waals surface area (Å²) < 4.78 is 6.13. The fraction of sp³-hybridized carbons (Fsp3) is 0.526. The molecule has 120 valence electrons. The van der Waals surface area contributed by atoms with Crippen molar-refractivity contribution < 1.29 is 9.22 Å². The third-order valence-electron chi connectivity index (χ3n) is 4.18. The first-order chi connectivity index (χ1) is 10.1. The molecule has 0 heterocycles. The minimum Gasteiger partial charge on any atom is -0.404 e. The van der Waals surface area contributed by atoms with Crippen LogP contribution in [-0.2, 0) is 15.6 Å². The van der Waals surface area contributed by atoms with Gasteiger partial charge >= 0.3 is 0 Å². The van der Waals surface area contributed by atoms with Crippen LogP contribution in [0.1, 0.15) is 39.7 Å². The Hall–Kier alpha value is -1.37. The van der Waals surface area contributed by atoms with E-state index in [1.54, 1.807) is 0 Å². The summed E-state index contributed by atoms with van der Waals surface area (Å²) in [6.07, 6.45) is 1.01. The molecule has 2 nitrogen and oxygen atoms in total. The van der Waals surface area contributed by atoms with E-state index in [1.165, 1.54) is 5.56 Å². The van der Waals surface area contributed by atoms with Gasteiger partial charge in [0.15, 0.2) is 8.32 Å². The van der Waals surface area contributed by atoms with E-state index in [2.05, 4.69) is 45.7 Å². The second-order valence-corrected chi connectivity index (χ2v) is 12.0. The maximum absolute atomic E-state index is 11.9. The number of hydrogen-bond donors (Lipinski definition) is 0. The minimum atomic E-state index is -1.82. The molecule has 0 bridgehead atoms. The molecule has 0 fully saturated rings. The molecule has 0 spiro atoms. The van der Waals surface area contributed by atoms with E-state index in [0.29, 0.717) is 6.42 Å². The Labute approximate surface area is 136 Å². The minimum absolute atomic E-state index is 0.0189. The number of Topliss-reactive ketones (excluding diaryl/α,β-unsaturated/α-hetero) is 1. The zero-order valence-electron chi connectivity index (χ0n) is 14.7. The molecule has 0 aliphatic rings. The molecule has 1 aromatic rings. The smallest absolute Gasteiger partial charge is 0.205 e. The van der Waals surface area contributed by atoms with Crippen molar-refractivity contribution in [3.05, 3.63) is 35.9 Å². The summed E-state index contributed by atoms with van der Waals surface area (Å²) in [5.74, 6) is 5.68. The van der Waals surface area contributed by atoms with Crippen LogP contribution in [0.3, 0.4) is 0 Å². The molecule has 0 aromatic heterocycles. The molecular weight excluding hydrogens is 288 g/mol. The quantitative estimate of drug-likeness (QED) is 0.451. The third-order valence-corrected chi connectivity index (χ3v) is 8.73. The standard InChI is InChI=1S/C19H28O2Si/c1-16(21-22(5,6)19(2,3)4)12-14-18(20)15-13-17-10-8-7-9-11-17/h7-11,16H,13,15H2,1-6H3. The fourth-order valence-electron chi connectivity index (χ4n) is 1.80. The van der Waals surface area contributed by atoms with Crippen molar-refractivity contribution in [2.45, 2.75) is 64.8 Å². The summed E-state index contributed by atoms with van der Waals surface area (Å²) in [7, 11) is -1.82. The maximum atomic E-state index is 11.9. The van der Waals surface area contributed by atoms with E-state index >= 15 is 0 Å². The lowest BCUT2D eigenvalue weighted by molar-refractivity contribution is -0.113. The van der Waals surface area contributed by atoms with Crippen molar-refractivity contribution >= 4 is 14.1 Å². The highest BCUT2D eigenvalue weighted by atomic mass is 28.4. The summed E-state index contributed by atoms with van der Waals surface area (Å²) in [6, 6.07) is 10.0. The normalized spacial score (nSPS) is 13.2. The van der Waals surface area contributed by atoms with Crippen molar-refractivity contribution in [1.82, 2.24) is 0 Å². The van der Waals surface area contributed by atoms with Crippen LogP contribution in [0, 0.1) is 11.8 Å². The van der Waals surface area contributed by atoms with Gasteiger partial charge < -0.3 is 4.43 Å². The molecule has 1 atom stereocenters. The van der Waals surface area contributed by atoms with Crippen LogP contribution in [0.25, 0.3) is 0 Å². The molecule has 1 aromatic carbocycles. The van der Waals surface area contributed by atoms with Crippen LogP contribution in [0.2, 0.25) is 18.1 Å². The van der Waals surface area contributed by atoms with Gasteiger partial charge in [0.1, 0.15) is 6.10 Å². The first-order valence-corrected chi connectivity index (χ1v) is 10.8. The van der Waals surface area contributed by atoms with Gasteiger partial charge in [0.2, 0.25) is 5.78 Å². The van der Waals surface area contributed by atoms with Gasteiger partial charge in [-0.3, -0.25) is 4.79 Å². The van der Waals surface area contributed by atoms with E-state index in [-0.39, 0.29) is 16.9 Å². The lowest BCUT2D eigenvalue weighted by Gasteiger charge is -2.37. The Morgan fingerprint density at radius 2 is 1.82 bits per heavy atom. The molecule has 0 aliphatic heterocycles. The van der Waals surface area contributed by atoms with Crippen LogP contribution in [-0.4, -0.2) is 20.2 Å². The van der Waals surface area contributed by atoms with E-state index < -0.39 is 8.32 Å². The number of hydrogen-bond acceptors (Lipinski definition) is 2. The Balaban J connectivity index is 2.50. The highest BCUT2D eigenvalue weighted by Gasteiger charge is 2.38. The molecule has 0 aliphatic carbocycles. The number of benzene rings is 1. The molecule has 0 amide bonds. The van der Waals surface area contributed by atoms with Crippen LogP contribution in [0.4, 0.5) is 0 Å². The molecule has 0 saturated heterocycles. The summed E-state index contributed by atoms with van der Waals surface area (Å²) in [4.78, 5) is 11.9. The van der Waals surface area contributed by atoms with Crippen molar-refractivity contribution in [2.75, 3.05) is 0 Å². The fourth-order valence-corrected chi connectivity index (χ4v) is 3.09. The summed E-state index contributed by atoms with van der Waals surface area (Å²) in [5.41, 5.74) is 1.17. The summed E-state index contributed by atoms with van der Waals surface area (Å²) in [5, 5.41) is 0.153. The number of carbonyl (C=O) groups is 1. The molecule has 1 rings (SSSR count). The molecule has 0 N–H and O–H groups in total. The van der Waals surface area contributed by atoms with E-state index in [4.69, 9.17) is 4.43 Å². The van der Waals surface area contributed by atoms with Gasteiger partial charge in [-0.25, -0.2) is 0 Å². The van der Waals surface area contributed by atoms with Crippen LogP contribution in [0.15, 0.2) is 30.3 Å². The first kappa shape index (κ1) is 18.7. The van der Waals surface area contributed by atoms with Gasteiger partial charge in [-0.1, -0.05) is 57.0 Å². The zero-order valence-corrected chi connectivity index (χ0v) is 15.7. The summed E-state index contributed by atoms with van der Waals surface area (Å²) >= 11 is 0. The number of rotatable bonds is 5. The molecule has 0 saturated carbocycles. The predicted molar refractivity (Wildman–Crippen MR) is 95.3 cm³/mol. The average Bonchev–Trinajstić information content (AvgIpc) is 2.42. The van der Waals surface area contributed by atoms with Gasteiger partial charge in [-0.2, -0.15) is 0 Å².